The predicted octanol–water partition coefficient (Wildman–Crippen LogP) is 1.57. The molecule has 0 radical (unpaired) electrons. The van der Waals surface area contributed by atoms with Gasteiger partial charge in [0.05, 0.1) is 10.0 Å². The minimum absolute atomic E-state index is 0.0240. The van der Waals surface area contributed by atoms with Gasteiger partial charge in [-0.25, -0.2) is 9.67 Å². The molecular formula is C21H22Cl2N6O4. The number of nitrogens with zero attached hydrogens (tertiary/aromatic N) is 6. The average molecular weight is 493 g/mol. The van der Waals surface area contributed by atoms with E-state index in [4.69, 9.17) is 23.2 Å². The van der Waals surface area contributed by atoms with Crippen LogP contribution in [0.3, 0.4) is 0 Å². The van der Waals surface area contributed by atoms with Crippen LogP contribution >= 0.6 is 23.2 Å². The molecule has 2 fully saturated rings. The van der Waals surface area contributed by atoms with Gasteiger partial charge in [-0.2, -0.15) is 0 Å². The van der Waals surface area contributed by atoms with Crippen LogP contribution < -0.4 is 0 Å². The highest BCUT2D eigenvalue weighted by atomic mass is 35.5. The second-order valence-corrected chi connectivity index (χ2v) is 8.55. The number of aryl methyl sites for hydroxylation is 1. The zero-order chi connectivity index (χ0) is 23.7. The van der Waals surface area contributed by atoms with Crippen LogP contribution in [0.15, 0.2) is 18.2 Å². The lowest BCUT2D eigenvalue weighted by molar-refractivity contribution is -0.146. The number of piperazine rings is 1. The van der Waals surface area contributed by atoms with Gasteiger partial charge in [-0.1, -0.05) is 36.2 Å². The third-order valence-corrected chi connectivity index (χ3v) is 6.31. The average Bonchev–Trinajstić information content (AvgIpc) is 3.37. The maximum atomic E-state index is 13.0. The van der Waals surface area contributed by atoms with Gasteiger partial charge < -0.3 is 9.80 Å². The summed E-state index contributed by atoms with van der Waals surface area (Å²) in [7, 11) is 0. The number of para-hydroxylation sites is 1. The Bertz CT molecular complexity index is 1090. The van der Waals surface area contributed by atoms with Gasteiger partial charge in [-0.05, 0) is 12.1 Å². The molecule has 4 rings (SSSR count). The molecule has 3 heterocycles. The van der Waals surface area contributed by atoms with Crippen LogP contribution in [0, 0.1) is 0 Å². The topological polar surface area (TPSA) is 109 Å². The van der Waals surface area contributed by atoms with Crippen molar-refractivity contribution in [3.05, 3.63) is 39.9 Å². The van der Waals surface area contributed by atoms with Crippen molar-refractivity contribution in [2.75, 3.05) is 32.7 Å². The Morgan fingerprint density at radius 2 is 1.55 bits per heavy atom. The highest BCUT2D eigenvalue weighted by Crippen LogP contribution is 2.29. The van der Waals surface area contributed by atoms with Crippen molar-refractivity contribution in [3.8, 4) is 5.69 Å². The molecule has 0 unspecified atom stereocenters. The van der Waals surface area contributed by atoms with E-state index in [0.717, 1.165) is 4.90 Å². The lowest BCUT2D eigenvalue weighted by Gasteiger charge is -2.34. The Hall–Kier alpha value is -2.98. The van der Waals surface area contributed by atoms with Crippen molar-refractivity contribution in [1.82, 2.24) is 29.5 Å². The molecule has 1 aromatic heterocycles. The van der Waals surface area contributed by atoms with Crippen LogP contribution in [0.5, 0.6) is 0 Å². The number of hydrogen-bond acceptors (Lipinski definition) is 6. The molecule has 2 aromatic rings. The summed E-state index contributed by atoms with van der Waals surface area (Å²) in [5.74, 6) is -0.750. The molecule has 2 saturated heterocycles. The van der Waals surface area contributed by atoms with Gasteiger partial charge >= 0.3 is 0 Å². The van der Waals surface area contributed by atoms with Crippen LogP contribution in [-0.2, 0) is 20.8 Å². The molecule has 174 valence electrons. The first-order valence-electron chi connectivity index (χ1n) is 10.6. The quantitative estimate of drug-likeness (QED) is 0.586. The van der Waals surface area contributed by atoms with E-state index in [2.05, 4.69) is 10.1 Å². The van der Waals surface area contributed by atoms with Gasteiger partial charge in [0.1, 0.15) is 18.1 Å². The largest absolute Gasteiger partial charge is 0.338 e. The lowest BCUT2D eigenvalue weighted by atomic mass is 10.3. The van der Waals surface area contributed by atoms with E-state index in [1.165, 1.54) is 4.68 Å². The van der Waals surface area contributed by atoms with Gasteiger partial charge in [0.25, 0.3) is 5.91 Å². The zero-order valence-electron chi connectivity index (χ0n) is 18.0. The molecule has 33 heavy (non-hydrogen) atoms. The third kappa shape index (κ3) is 4.58. The number of halogens is 2. The molecule has 4 amide bonds. The van der Waals surface area contributed by atoms with Crippen LogP contribution in [0.1, 0.15) is 36.2 Å². The summed E-state index contributed by atoms with van der Waals surface area (Å²) in [4.78, 5) is 57.6. The molecule has 1 aromatic carbocycles. The number of carbonyl (C=O) groups excluding carboxylic acids is 4. The number of likely N-dealkylation sites (tertiary alicyclic amines) is 1. The minimum Gasteiger partial charge on any atom is -0.338 e. The van der Waals surface area contributed by atoms with Gasteiger partial charge in [0.15, 0.2) is 0 Å². The van der Waals surface area contributed by atoms with E-state index in [-0.39, 0.29) is 61.9 Å². The second kappa shape index (κ2) is 9.48. The summed E-state index contributed by atoms with van der Waals surface area (Å²) >= 11 is 12.6. The van der Waals surface area contributed by atoms with Crippen molar-refractivity contribution in [3.63, 3.8) is 0 Å². The standard InChI is InChI=1S/C21H22Cl2N6O4/c1-2-15-24-20(25-29(15)19-13(22)4-3-5-14(19)23)21(33)27-10-8-26(9-11-27)18(32)12-28-16(30)6-7-17(28)31/h3-5H,2,6-12H2,1H3. The highest BCUT2D eigenvalue weighted by molar-refractivity contribution is 6.37. The minimum atomic E-state index is -0.358. The molecular weight excluding hydrogens is 471 g/mol. The molecule has 2 aliphatic rings. The number of aromatic nitrogens is 3. The molecule has 10 nitrogen and oxygen atoms in total. The monoisotopic (exact) mass is 492 g/mol. The Morgan fingerprint density at radius 3 is 2.12 bits per heavy atom. The number of rotatable bonds is 5. The van der Waals surface area contributed by atoms with Crippen LogP contribution in [0.25, 0.3) is 5.69 Å². The van der Waals surface area contributed by atoms with E-state index < -0.39 is 0 Å². The number of carbonyl (C=O) groups is 4. The van der Waals surface area contributed by atoms with Crippen LogP contribution in [0.2, 0.25) is 10.0 Å². The normalized spacial score (nSPS) is 16.6. The molecule has 0 spiro atoms. The van der Waals surface area contributed by atoms with E-state index in [0.29, 0.717) is 41.1 Å². The highest BCUT2D eigenvalue weighted by Gasteiger charge is 2.33. The van der Waals surface area contributed by atoms with Gasteiger partial charge in [0, 0.05) is 45.4 Å². The molecule has 0 bridgehead atoms. The third-order valence-electron chi connectivity index (χ3n) is 5.70. The molecule has 0 N–H and O–H groups in total. The fraction of sp³-hybridized carbons (Fsp3) is 0.429. The van der Waals surface area contributed by atoms with Gasteiger partial charge in [-0.15, -0.1) is 5.10 Å². The first-order valence-corrected chi connectivity index (χ1v) is 11.4. The van der Waals surface area contributed by atoms with Crippen LogP contribution in [0.4, 0.5) is 0 Å². The maximum absolute atomic E-state index is 13.0. The molecule has 0 atom stereocenters. The number of amides is 4. The van der Waals surface area contributed by atoms with Crippen molar-refractivity contribution in [2.24, 2.45) is 0 Å². The number of benzene rings is 1. The van der Waals surface area contributed by atoms with E-state index in [1.54, 1.807) is 28.0 Å². The second-order valence-electron chi connectivity index (χ2n) is 7.73. The van der Waals surface area contributed by atoms with Crippen molar-refractivity contribution in [2.45, 2.75) is 26.2 Å². The first kappa shape index (κ1) is 23.2. The Balaban J connectivity index is 1.43. The van der Waals surface area contributed by atoms with Gasteiger partial charge in [0.2, 0.25) is 23.5 Å². The van der Waals surface area contributed by atoms with Gasteiger partial charge in [-0.3, -0.25) is 24.1 Å². The Kier molecular flexibility index (Phi) is 6.66. The van der Waals surface area contributed by atoms with Crippen molar-refractivity contribution >= 4 is 46.8 Å². The summed E-state index contributed by atoms with van der Waals surface area (Å²) in [5.41, 5.74) is 0.464. The summed E-state index contributed by atoms with van der Waals surface area (Å²) < 4.78 is 1.49. The first-order chi connectivity index (χ1) is 15.8. The SMILES string of the molecule is CCc1nc(C(=O)N2CCN(C(=O)CN3C(=O)CCC3=O)CC2)nn1-c1c(Cl)cccc1Cl. The van der Waals surface area contributed by atoms with Crippen molar-refractivity contribution < 1.29 is 19.2 Å². The molecule has 12 heteroatoms. The summed E-state index contributed by atoms with van der Waals surface area (Å²) in [6.45, 7) is 2.79. The van der Waals surface area contributed by atoms with E-state index in [9.17, 15) is 19.2 Å². The zero-order valence-corrected chi connectivity index (χ0v) is 19.5. The molecule has 0 aliphatic carbocycles. The Labute approximate surface area is 200 Å². The van der Waals surface area contributed by atoms with E-state index in [1.807, 2.05) is 6.92 Å². The lowest BCUT2D eigenvalue weighted by Crippen LogP contribution is -2.53. The number of imide groups is 1. The maximum Gasteiger partial charge on any atom is 0.293 e. The Morgan fingerprint density at radius 1 is 0.970 bits per heavy atom. The van der Waals surface area contributed by atoms with Crippen LogP contribution in [-0.4, -0.2) is 85.8 Å². The fourth-order valence-electron chi connectivity index (χ4n) is 3.87. The smallest absolute Gasteiger partial charge is 0.293 e. The summed E-state index contributed by atoms with van der Waals surface area (Å²) in [6.07, 6.45) is 0.804. The van der Waals surface area contributed by atoms with Crippen molar-refractivity contribution in [1.29, 1.82) is 0 Å². The number of hydrogen-bond donors (Lipinski definition) is 0. The van der Waals surface area contributed by atoms with E-state index >= 15 is 0 Å². The molecule has 0 saturated carbocycles. The summed E-state index contributed by atoms with van der Waals surface area (Å²) in [5, 5.41) is 5.15. The fourth-order valence-corrected chi connectivity index (χ4v) is 4.43. The summed E-state index contributed by atoms with van der Waals surface area (Å²) in [6, 6.07) is 5.09. The predicted molar refractivity (Wildman–Crippen MR) is 119 cm³/mol. The molecule has 2 aliphatic heterocycles.